The average Bonchev–Trinajstić information content (AvgIpc) is 3.50. The number of fused-ring (bicyclic) bond motifs is 8. The maximum absolute atomic E-state index is 13.8. The van der Waals surface area contributed by atoms with Crippen molar-refractivity contribution < 1.29 is 8.83 Å². The molecule has 0 atom stereocenters. The van der Waals surface area contributed by atoms with E-state index >= 15 is 0 Å². The summed E-state index contributed by atoms with van der Waals surface area (Å²) in [6.45, 7) is 8.61. The molecule has 41 heavy (non-hydrogen) atoms. The first kappa shape index (κ1) is 24.0. The Kier molecular flexibility index (Phi) is 5.03. The van der Waals surface area contributed by atoms with Crippen molar-refractivity contribution in [3.63, 3.8) is 0 Å². The fraction of sp³-hybridized carbons (Fsp3) is 0.162. The quantitative estimate of drug-likeness (QED) is 0.211. The van der Waals surface area contributed by atoms with Crippen LogP contribution in [0.25, 0.3) is 71.4 Å². The van der Waals surface area contributed by atoms with Crippen LogP contribution in [0.2, 0.25) is 0 Å². The van der Waals surface area contributed by atoms with Crippen LogP contribution >= 0.6 is 0 Å². The van der Waals surface area contributed by atoms with Crippen LogP contribution in [-0.2, 0) is 0 Å². The fourth-order valence-electron chi connectivity index (χ4n) is 6.36. The predicted octanol–water partition coefficient (Wildman–Crippen LogP) is 10.2. The maximum atomic E-state index is 13.8. The monoisotopic (exact) mass is 535 g/mol. The minimum absolute atomic E-state index is 0.0170. The highest BCUT2D eigenvalue weighted by Crippen LogP contribution is 2.39. The van der Waals surface area contributed by atoms with E-state index in [4.69, 9.17) is 8.83 Å². The maximum Gasteiger partial charge on any atom is 0.200 e. The first-order valence-corrected chi connectivity index (χ1v) is 14.3. The minimum atomic E-state index is 0.0170. The van der Waals surface area contributed by atoms with Gasteiger partial charge in [0.2, 0.25) is 5.43 Å². The molecule has 3 heterocycles. The van der Waals surface area contributed by atoms with Gasteiger partial charge in [-0.3, -0.25) is 4.79 Å². The zero-order valence-electron chi connectivity index (χ0n) is 23.5. The third-order valence-corrected chi connectivity index (χ3v) is 8.52. The summed E-state index contributed by atoms with van der Waals surface area (Å²) in [5.74, 6) is 0.548. The van der Waals surface area contributed by atoms with E-state index in [1.165, 1.54) is 0 Å². The first-order valence-electron chi connectivity index (χ1n) is 14.3. The van der Waals surface area contributed by atoms with Crippen LogP contribution in [0.5, 0.6) is 0 Å². The van der Waals surface area contributed by atoms with E-state index in [1.54, 1.807) is 0 Å². The van der Waals surface area contributed by atoms with Crippen molar-refractivity contribution in [3.05, 3.63) is 112 Å². The summed E-state index contributed by atoms with van der Waals surface area (Å²) in [6, 6.07) is 31.1. The zero-order valence-corrected chi connectivity index (χ0v) is 23.5. The largest absolute Gasteiger partial charge is 0.456 e. The van der Waals surface area contributed by atoms with Gasteiger partial charge in [-0.1, -0.05) is 70.2 Å². The number of hydrogen-bond acceptors (Lipinski definition) is 3. The van der Waals surface area contributed by atoms with Gasteiger partial charge in [-0.15, -0.1) is 0 Å². The van der Waals surface area contributed by atoms with Crippen LogP contribution in [0.1, 0.15) is 50.7 Å². The standard InChI is InChI=1S/C37H29NO3/c1-20(2)22-15-27(21(3)4)37-30(16-22)36(39)26-14-13-23(17-34(26)41-37)38-31-11-7-5-9-24(31)28-18-29-25-10-6-8-12-33(25)40-35(29)19-32(28)38/h5-21H,1-4H3. The number of nitrogens with zero attached hydrogens (tertiary/aromatic N) is 1. The smallest absolute Gasteiger partial charge is 0.200 e. The van der Waals surface area contributed by atoms with Gasteiger partial charge in [0.15, 0.2) is 0 Å². The van der Waals surface area contributed by atoms with E-state index in [0.29, 0.717) is 27.9 Å². The lowest BCUT2D eigenvalue weighted by Crippen LogP contribution is -2.06. The molecule has 4 nitrogen and oxygen atoms in total. The second kappa shape index (κ2) is 8.58. The second-order valence-electron chi connectivity index (χ2n) is 11.7. The molecule has 8 rings (SSSR count). The number of aromatic nitrogens is 1. The van der Waals surface area contributed by atoms with Crippen LogP contribution in [0.15, 0.2) is 105 Å². The molecule has 0 unspecified atom stereocenters. The van der Waals surface area contributed by atoms with Crippen molar-refractivity contribution >= 4 is 65.7 Å². The molecule has 3 aromatic heterocycles. The molecule has 0 N–H and O–H groups in total. The lowest BCUT2D eigenvalue weighted by molar-refractivity contribution is 0.647. The van der Waals surface area contributed by atoms with E-state index in [0.717, 1.165) is 60.6 Å². The summed E-state index contributed by atoms with van der Waals surface area (Å²) < 4.78 is 15.1. The molecular weight excluding hydrogens is 506 g/mol. The molecule has 0 amide bonds. The van der Waals surface area contributed by atoms with Gasteiger partial charge in [0, 0.05) is 39.4 Å². The normalized spacial score (nSPS) is 12.4. The SMILES string of the molecule is CC(C)c1cc(C(C)C)c2oc3cc(-n4c5ccccc5c5cc6c(cc54)oc4ccccc46)ccc3c(=O)c2c1. The summed E-state index contributed by atoms with van der Waals surface area (Å²) in [5.41, 5.74) is 8.33. The molecule has 8 aromatic rings. The van der Waals surface area contributed by atoms with Crippen molar-refractivity contribution in [3.8, 4) is 5.69 Å². The molecular formula is C37H29NO3. The van der Waals surface area contributed by atoms with Gasteiger partial charge in [-0.2, -0.15) is 0 Å². The first-order chi connectivity index (χ1) is 19.9. The Morgan fingerprint density at radius 2 is 1.32 bits per heavy atom. The molecule has 0 aliphatic rings. The Morgan fingerprint density at radius 1 is 0.561 bits per heavy atom. The van der Waals surface area contributed by atoms with E-state index in [9.17, 15) is 4.79 Å². The van der Waals surface area contributed by atoms with E-state index in [-0.39, 0.29) is 11.3 Å². The lowest BCUT2D eigenvalue weighted by Gasteiger charge is -2.15. The van der Waals surface area contributed by atoms with E-state index < -0.39 is 0 Å². The summed E-state index contributed by atoms with van der Waals surface area (Å²) in [6.07, 6.45) is 0. The van der Waals surface area contributed by atoms with E-state index in [1.807, 2.05) is 42.5 Å². The Labute approximate surface area is 236 Å². The number of hydrogen-bond donors (Lipinski definition) is 0. The van der Waals surface area contributed by atoms with Gasteiger partial charge in [0.1, 0.15) is 22.3 Å². The fourth-order valence-corrected chi connectivity index (χ4v) is 6.36. The summed E-state index contributed by atoms with van der Waals surface area (Å²) in [5, 5.41) is 5.79. The highest BCUT2D eigenvalue weighted by atomic mass is 16.3. The number of benzene rings is 5. The highest BCUT2D eigenvalue weighted by molar-refractivity contribution is 6.17. The van der Waals surface area contributed by atoms with Crippen LogP contribution in [0, 0.1) is 0 Å². The van der Waals surface area contributed by atoms with Gasteiger partial charge < -0.3 is 13.4 Å². The molecule has 0 saturated heterocycles. The Hall–Kier alpha value is -4.83. The van der Waals surface area contributed by atoms with Crippen LogP contribution in [0.3, 0.4) is 0 Å². The van der Waals surface area contributed by atoms with Crippen LogP contribution < -0.4 is 5.43 Å². The molecule has 0 aliphatic carbocycles. The van der Waals surface area contributed by atoms with Crippen molar-refractivity contribution in [2.24, 2.45) is 0 Å². The predicted molar refractivity (Wildman–Crippen MR) is 170 cm³/mol. The van der Waals surface area contributed by atoms with Crippen molar-refractivity contribution in [2.45, 2.75) is 39.5 Å². The Bertz CT molecular complexity index is 2400. The third kappa shape index (κ3) is 3.43. The molecule has 0 aliphatic heterocycles. The summed E-state index contributed by atoms with van der Waals surface area (Å²) >= 11 is 0. The minimum Gasteiger partial charge on any atom is -0.456 e. The van der Waals surface area contributed by atoms with Gasteiger partial charge in [0.25, 0.3) is 0 Å². The topological polar surface area (TPSA) is 48.3 Å². The molecule has 0 radical (unpaired) electrons. The van der Waals surface area contributed by atoms with Crippen molar-refractivity contribution in [2.75, 3.05) is 0 Å². The van der Waals surface area contributed by atoms with Gasteiger partial charge in [0.05, 0.1) is 21.8 Å². The van der Waals surface area contributed by atoms with Crippen molar-refractivity contribution in [1.29, 1.82) is 0 Å². The molecule has 0 fully saturated rings. The van der Waals surface area contributed by atoms with Gasteiger partial charge >= 0.3 is 0 Å². The van der Waals surface area contributed by atoms with Gasteiger partial charge in [-0.05, 0) is 59.4 Å². The summed E-state index contributed by atoms with van der Waals surface area (Å²) in [7, 11) is 0. The molecule has 0 saturated carbocycles. The number of furan rings is 1. The zero-order chi connectivity index (χ0) is 28.0. The lowest BCUT2D eigenvalue weighted by atomic mass is 9.92. The summed E-state index contributed by atoms with van der Waals surface area (Å²) in [4.78, 5) is 13.8. The number of para-hydroxylation sites is 2. The molecule has 5 aromatic carbocycles. The number of rotatable bonds is 3. The Morgan fingerprint density at radius 3 is 2.12 bits per heavy atom. The molecule has 200 valence electrons. The second-order valence-corrected chi connectivity index (χ2v) is 11.7. The molecule has 0 bridgehead atoms. The van der Waals surface area contributed by atoms with Crippen LogP contribution in [0.4, 0.5) is 0 Å². The third-order valence-electron chi connectivity index (χ3n) is 8.52. The molecule has 0 spiro atoms. The highest BCUT2D eigenvalue weighted by Gasteiger charge is 2.19. The molecule has 4 heteroatoms. The Balaban J connectivity index is 1.44. The van der Waals surface area contributed by atoms with Crippen molar-refractivity contribution in [1.82, 2.24) is 4.57 Å². The van der Waals surface area contributed by atoms with Gasteiger partial charge in [-0.25, -0.2) is 0 Å². The van der Waals surface area contributed by atoms with Crippen LogP contribution in [-0.4, -0.2) is 4.57 Å². The average molecular weight is 536 g/mol. The van der Waals surface area contributed by atoms with E-state index in [2.05, 4.69) is 80.8 Å².